The predicted molar refractivity (Wildman–Crippen MR) is 97.2 cm³/mol. The highest BCUT2D eigenvalue weighted by molar-refractivity contribution is 6.02. The molecule has 2 aromatic rings. The molecule has 3 rings (SSSR count). The van der Waals surface area contributed by atoms with Crippen molar-refractivity contribution >= 4 is 23.6 Å². The SMILES string of the molecule is CCCOC(=O)c1ccc(NC(=O)/C=C/c2ccc3c(c2)OCO3)cc1. The number of carbonyl (C=O) groups is 2. The van der Waals surface area contributed by atoms with Gasteiger partial charge in [0.15, 0.2) is 11.5 Å². The second kappa shape index (κ2) is 8.20. The van der Waals surface area contributed by atoms with Gasteiger partial charge in [-0.05, 0) is 54.5 Å². The summed E-state index contributed by atoms with van der Waals surface area (Å²) >= 11 is 0. The third-order valence-corrected chi connectivity index (χ3v) is 3.65. The molecular formula is C20H19NO5. The number of fused-ring (bicyclic) bond motifs is 1. The Hall–Kier alpha value is -3.28. The van der Waals surface area contributed by atoms with E-state index in [0.717, 1.165) is 12.0 Å². The molecule has 0 fully saturated rings. The maximum absolute atomic E-state index is 12.0. The zero-order valence-corrected chi connectivity index (χ0v) is 14.4. The van der Waals surface area contributed by atoms with Crippen LogP contribution in [0.15, 0.2) is 48.5 Å². The van der Waals surface area contributed by atoms with E-state index in [-0.39, 0.29) is 18.7 Å². The summed E-state index contributed by atoms with van der Waals surface area (Å²) in [6, 6.07) is 12.0. The molecule has 26 heavy (non-hydrogen) atoms. The Kier molecular flexibility index (Phi) is 5.53. The van der Waals surface area contributed by atoms with Gasteiger partial charge in [0.05, 0.1) is 12.2 Å². The monoisotopic (exact) mass is 353 g/mol. The van der Waals surface area contributed by atoms with E-state index in [4.69, 9.17) is 14.2 Å². The fourth-order valence-corrected chi connectivity index (χ4v) is 2.34. The fraction of sp³-hybridized carbons (Fsp3) is 0.200. The molecule has 6 nitrogen and oxygen atoms in total. The average molecular weight is 353 g/mol. The van der Waals surface area contributed by atoms with Crippen molar-refractivity contribution in [2.24, 2.45) is 0 Å². The number of rotatable bonds is 6. The average Bonchev–Trinajstić information content (AvgIpc) is 3.13. The second-order valence-corrected chi connectivity index (χ2v) is 5.65. The molecule has 134 valence electrons. The molecule has 0 unspecified atom stereocenters. The van der Waals surface area contributed by atoms with Crippen LogP contribution < -0.4 is 14.8 Å². The minimum absolute atomic E-state index is 0.213. The van der Waals surface area contributed by atoms with Crippen LogP contribution in [0.5, 0.6) is 11.5 Å². The zero-order chi connectivity index (χ0) is 18.4. The normalized spacial score (nSPS) is 12.2. The number of anilines is 1. The highest BCUT2D eigenvalue weighted by atomic mass is 16.7. The van der Waals surface area contributed by atoms with E-state index in [1.807, 2.05) is 19.1 Å². The molecule has 0 atom stereocenters. The van der Waals surface area contributed by atoms with Crippen LogP contribution in [0.1, 0.15) is 29.3 Å². The first-order chi connectivity index (χ1) is 12.7. The minimum Gasteiger partial charge on any atom is -0.462 e. The quantitative estimate of drug-likeness (QED) is 0.634. The van der Waals surface area contributed by atoms with Crippen molar-refractivity contribution in [2.45, 2.75) is 13.3 Å². The lowest BCUT2D eigenvalue weighted by molar-refractivity contribution is -0.111. The summed E-state index contributed by atoms with van der Waals surface area (Å²) in [6.45, 7) is 2.54. The summed E-state index contributed by atoms with van der Waals surface area (Å²) in [5, 5.41) is 2.74. The zero-order valence-electron chi connectivity index (χ0n) is 14.4. The van der Waals surface area contributed by atoms with Gasteiger partial charge >= 0.3 is 5.97 Å². The molecule has 0 spiro atoms. The Balaban J connectivity index is 1.57. The van der Waals surface area contributed by atoms with Gasteiger partial charge < -0.3 is 19.5 Å². The van der Waals surface area contributed by atoms with Crippen molar-refractivity contribution in [3.8, 4) is 11.5 Å². The van der Waals surface area contributed by atoms with Crippen molar-refractivity contribution < 1.29 is 23.8 Å². The standard InChI is InChI=1S/C20H19NO5/c1-2-11-24-20(23)15-5-7-16(8-6-15)21-19(22)10-4-14-3-9-17-18(12-14)26-13-25-17/h3-10,12H,2,11,13H2,1H3,(H,21,22)/b10-4+. The van der Waals surface area contributed by atoms with Crippen LogP contribution in [0.25, 0.3) is 6.08 Å². The van der Waals surface area contributed by atoms with Crippen LogP contribution in [0, 0.1) is 0 Å². The number of benzene rings is 2. The van der Waals surface area contributed by atoms with E-state index in [1.54, 1.807) is 36.4 Å². The highest BCUT2D eigenvalue weighted by Gasteiger charge is 2.12. The molecule has 0 aliphatic carbocycles. The summed E-state index contributed by atoms with van der Waals surface area (Å²) < 4.78 is 15.6. The molecule has 0 radical (unpaired) electrons. The predicted octanol–water partition coefficient (Wildman–Crippen LogP) is 3.63. The summed E-state index contributed by atoms with van der Waals surface area (Å²) in [6.07, 6.45) is 3.89. The van der Waals surface area contributed by atoms with Crippen molar-refractivity contribution in [1.29, 1.82) is 0 Å². The second-order valence-electron chi connectivity index (χ2n) is 5.65. The highest BCUT2D eigenvalue weighted by Crippen LogP contribution is 2.32. The Morgan fingerprint density at radius 3 is 2.65 bits per heavy atom. The molecule has 0 aromatic heterocycles. The molecule has 0 bridgehead atoms. The number of nitrogens with one attached hydrogen (secondary N) is 1. The van der Waals surface area contributed by atoms with Crippen molar-refractivity contribution in [1.82, 2.24) is 0 Å². The Morgan fingerprint density at radius 2 is 1.88 bits per heavy atom. The third kappa shape index (κ3) is 4.42. The van der Waals surface area contributed by atoms with E-state index in [1.165, 1.54) is 6.08 Å². The number of hydrogen-bond acceptors (Lipinski definition) is 5. The summed E-state index contributed by atoms with van der Waals surface area (Å²) in [5.74, 6) is 0.721. The fourth-order valence-electron chi connectivity index (χ4n) is 2.34. The van der Waals surface area contributed by atoms with Crippen LogP contribution in [-0.4, -0.2) is 25.3 Å². The third-order valence-electron chi connectivity index (χ3n) is 3.65. The maximum atomic E-state index is 12.0. The van der Waals surface area contributed by atoms with E-state index >= 15 is 0 Å². The number of carbonyl (C=O) groups excluding carboxylic acids is 2. The van der Waals surface area contributed by atoms with Gasteiger partial charge in [-0.3, -0.25) is 4.79 Å². The first-order valence-electron chi connectivity index (χ1n) is 8.31. The summed E-state index contributed by atoms with van der Waals surface area (Å²) in [5.41, 5.74) is 1.88. The topological polar surface area (TPSA) is 73.9 Å². The Labute approximate surface area is 151 Å². The molecule has 1 heterocycles. The van der Waals surface area contributed by atoms with E-state index < -0.39 is 0 Å². The molecular weight excluding hydrogens is 334 g/mol. The summed E-state index contributed by atoms with van der Waals surface area (Å²) in [7, 11) is 0. The van der Waals surface area contributed by atoms with E-state index in [2.05, 4.69) is 5.32 Å². The Morgan fingerprint density at radius 1 is 1.12 bits per heavy atom. The number of amides is 1. The van der Waals surface area contributed by atoms with Crippen molar-refractivity contribution in [3.05, 3.63) is 59.7 Å². The largest absolute Gasteiger partial charge is 0.462 e. The van der Waals surface area contributed by atoms with Crippen LogP contribution >= 0.6 is 0 Å². The molecule has 1 N–H and O–H groups in total. The lowest BCUT2D eigenvalue weighted by Crippen LogP contribution is -2.09. The Bertz CT molecular complexity index is 827. The minimum atomic E-state index is -0.368. The lowest BCUT2D eigenvalue weighted by Gasteiger charge is -2.05. The van der Waals surface area contributed by atoms with Crippen LogP contribution in [0.4, 0.5) is 5.69 Å². The molecule has 1 amide bonds. The molecule has 1 aliphatic heterocycles. The van der Waals surface area contributed by atoms with Gasteiger partial charge in [0.1, 0.15) is 0 Å². The van der Waals surface area contributed by atoms with Gasteiger partial charge in [0, 0.05) is 11.8 Å². The molecule has 0 saturated carbocycles. The number of ether oxygens (including phenoxy) is 3. The van der Waals surface area contributed by atoms with Crippen LogP contribution in [0.2, 0.25) is 0 Å². The van der Waals surface area contributed by atoms with Gasteiger partial charge in [-0.15, -0.1) is 0 Å². The molecule has 0 saturated heterocycles. The first kappa shape index (κ1) is 17.5. The molecule has 2 aromatic carbocycles. The smallest absolute Gasteiger partial charge is 0.338 e. The molecule has 6 heteroatoms. The number of esters is 1. The molecule has 1 aliphatic rings. The number of hydrogen-bond donors (Lipinski definition) is 1. The van der Waals surface area contributed by atoms with Gasteiger partial charge in [-0.25, -0.2) is 4.79 Å². The van der Waals surface area contributed by atoms with Crippen molar-refractivity contribution in [2.75, 3.05) is 18.7 Å². The van der Waals surface area contributed by atoms with E-state index in [0.29, 0.717) is 29.4 Å². The first-order valence-corrected chi connectivity index (χ1v) is 8.31. The lowest BCUT2D eigenvalue weighted by atomic mass is 10.2. The summed E-state index contributed by atoms with van der Waals surface area (Å²) in [4.78, 5) is 23.8. The van der Waals surface area contributed by atoms with Gasteiger partial charge in [0.25, 0.3) is 0 Å². The van der Waals surface area contributed by atoms with E-state index in [9.17, 15) is 9.59 Å². The van der Waals surface area contributed by atoms with Crippen molar-refractivity contribution in [3.63, 3.8) is 0 Å². The van der Waals surface area contributed by atoms with Gasteiger partial charge in [-0.1, -0.05) is 13.0 Å². The maximum Gasteiger partial charge on any atom is 0.338 e. The van der Waals surface area contributed by atoms with Crippen LogP contribution in [-0.2, 0) is 9.53 Å². The van der Waals surface area contributed by atoms with Crippen LogP contribution in [0.3, 0.4) is 0 Å². The van der Waals surface area contributed by atoms with Gasteiger partial charge in [0.2, 0.25) is 12.7 Å². The van der Waals surface area contributed by atoms with Gasteiger partial charge in [-0.2, -0.15) is 0 Å².